The minimum Gasteiger partial charge on any atom is -0.358 e. The first-order chi connectivity index (χ1) is 14.4. The van der Waals surface area contributed by atoms with E-state index in [1.807, 2.05) is 55.5 Å². The SMILES string of the molecule is Cc1ccc(S(=O)(=O)Oc2cc(-c3ccccc3)cc(-c3ccc(Cl)cc3)n2)cc1. The van der Waals surface area contributed by atoms with Crippen molar-refractivity contribution in [1.82, 2.24) is 4.98 Å². The maximum absolute atomic E-state index is 12.8. The van der Waals surface area contributed by atoms with Crippen LogP contribution in [-0.2, 0) is 10.1 Å². The number of nitrogens with zero attached hydrogens (tertiary/aromatic N) is 1. The van der Waals surface area contributed by atoms with Crippen molar-refractivity contribution in [3.05, 3.63) is 102 Å². The lowest BCUT2D eigenvalue weighted by Gasteiger charge is -2.11. The third-order valence-corrected chi connectivity index (χ3v) is 6.05. The standard InChI is InChI=1S/C24H18ClNO3S/c1-17-7-13-22(14-8-17)30(27,28)29-24-16-20(18-5-3-2-4-6-18)15-23(26-24)19-9-11-21(25)12-10-19/h2-16H,1H3. The number of aromatic nitrogens is 1. The molecule has 4 rings (SSSR count). The average molecular weight is 436 g/mol. The highest BCUT2D eigenvalue weighted by Gasteiger charge is 2.19. The number of rotatable bonds is 5. The summed E-state index contributed by atoms with van der Waals surface area (Å²) in [4.78, 5) is 4.52. The molecule has 0 radical (unpaired) electrons. The average Bonchev–Trinajstić information content (AvgIpc) is 2.74. The van der Waals surface area contributed by atoms with Crippen LogP contribution < -0.4 is 4.18 Å². The van der Waals surface area contributed by atoms with Crippen molar-refractivity contribution in [3.63, 3.8) is 0 Å². The molecule has 4 aromatic rings. The van der Waals surface area contributed by atoms with E-state index in [-0.39, 0.29) is 10.8 Å². The van der Waals surface area contributed by atoms with E-state index in [0.29, 0.717) is 10.7 Å². The highest BCUT2D eigenvalue weighted by Crippen LogP contribution is 2.30. The van der Waals surface area contributed by atoms with Crippen LogP contribution in [0.1, 0.15) is 5.56 Å². The molecule has 1 aromatic heterocycles. The van der Waals surface area contributed by atoms with Crippen LogP contribution in [0.5, 0.6) is 5.88 Å². The zero-order valence-electron chi connectivity index (χ0n) is 16.1. The highest BCUT2D eigenvalue weighted by atomic mass is 35.5. The molecule has 4 nitrogen and oxygen atoms in total. The van der Waals surface area contributed by atoms with Crippen LogP contribution in [0.3, 0.4) is 0 Å². The van der Waals surface area contributed by atoms with Gasteiger partial charge in [0.2, 0.25) is 5.88 Å². The second-order valence-corrected chi connectivity index (χ2v) is 8.79. The molecular formula is C24H18ClNO3S. The molecule has 0 fully saturated rings. The number of aryl methyl sites for hydroxylation is 1. The first-order valence-electron chi connectivity index (χ1n) is 9.25. The van der Waals surface area contributed by atoms with E-state index in [1.165, 1.54) is 12.1 Å². The molecule has 0 saturated heterocycles. The predicted molar refractivity (Wildman–Crippen MR) is 119 cm³/mol. The first kappa shape index (κ1) is 20.1. The minimum absolute atomic E-state index is 0.00174. The van der Waals surface area contributed by atoms with Gasteiger partial charge in [-0.15, -0.1) is 0 Å². The molecule has 3 aromatic carbocycles. The molecule has 0 bridgehead atoms. The van der Waals surface area contributed by atoms with Crippen molar-refractivity contribution in [2.45, 2.75) is 11.8 Å². The van der Waals surface area contributed by atoms with Gasteiger partial charge in [-0.05, 0) is 48.4 Å². The monoisotopic (exact) mass is 435 g/mol. The van der Waals surface area contributed by atoms with Gasteiger partial charge in [-0.1, -0.05) is 71.8 Å². The summed E-state index contributed by atoms with van der Waals surface area (Å²) in [5, 5.41) is 0.608. The Kier molecular flexibility index (Phi) is 5.57. The minimum atomic E-state index is -4.02. The fourth-order valence-electron chi connectivity index (χ4n) is 2.98. The molecule has 0 aliphatic heterocycles. The Labute approximate surface area is 180 Å². The van der Waals surface area contributed by atoms with Gasteiger partial charge in [-0.2, -0.15) is 8.42 Å². The van der Waals surface area contributed by atoms with Gasteiger partial charge in [-0.25, -0.2) is 4.98 Å². The van der Waals surface area contributed by atoms with E-state index in [0.717, 1.165) is 22.3 Å². The van der Waals surface area contributed by atoms with Crippen molar-refractivity contribution in [2.24, 2.45) is 0 Å². The third kappa shape index (κ3) is 4.53. The van der Waals surface area contributed by atoms with Crippen LogP contribution in [0.15, 0.2) is 95.9 Å². The summed E-state index contributed by atoms with van der Waals surface area (Å²) in [5.74, 6) is 0.00174. The van der Waals surface area contributed by atoms with Crippen LogP contribution in [-0.4, -0.2) is 13.4 Å². The van der Waals surface area contributed by atoms with Gasteiger partial charge >= 0.3 is 10.1 Å². The van der Waals surface area contributed by atoms with E-state index in [2.05, 4.69) is 4.98 Å². The van der Waals surface area contributed by atoms with Crippen LogP contribution in [0.25, 0.3) is 22.4 Å². The molecule has 1 heterocycles. The molecule has 0 atom stereocenters. The maximum atomic E-state index is 12.8. The number of hydrogen-bond donors (Lipinski definition) is 0. The van der Waals surface area contributed by atoms with E-state index in [1.54, 1.807) is 30.3 Å². The fourth-order valence-corrected chi connectivity index (χ4v) is 3.98. The number of hydrogen-bond acceptors (Lipinski definition) is 4. The molecule has 0 aliphatic rings. The van der Waals surface area contributed by atoms with Gasteiger partial charge in [0.15, 0.2) is 0 Å². The second kappa shape index (κ2) is 8.30. The second-order valence-electron chi connectivity index (χ2n) is 6.80. The zero-order chi connectivity index (χ0) is 21.1. The van der Waals surface area contributed by atoms with Crippen molar-refractivity contribution in [3.8, 4) is 28.3 Å². The summed E-state index contributed by atoms with van der Waals surface area (Å²) in [6, 6.07) is 26.8. The summed E-state index contributed by atoms with van der Waals surface area (Å²) in [7, 11) is -4.02. The highest BCUT2D eigenvalue weighted by molar-refractivity contribution is 7.87. The van der Waals surface area contributed by atoms with Crippen LogP contribution in [0.2, 0.25) is 5.02 Å². The summed E-state index contributed by atoms with van der Waals surface area (Å²) in [5.41, 5.74) is 4.07. The van der Waals surface area contributed by atoms with Crippen molar-refractivity contribution in [2.75, 3.05) is 0 Å². The summed E-state index contributed by atoms with van der Waals surface area (Å²) < 4.78 is 31.0. The maximum Gasteiger partial charge on any atom is 0.340 e. The van der Waals surface area contributed by atoms with E-state index in [4.69, 9.17) is 15.8 Å². The summed E-state index contributed by atoms with van der Waals surface area (Å²) >= 11 is 6.00. The Balaban J connectivity index is 1.79. The van der Waals surface area contributed by atoms with Crippen molar-refractivity contribution < 1.29 is 12.6 Å². The molecule has 0 amide bonds. The number of halogens is 1. The Bertz CT molecular complexity index is 1270. The zero-order valence-corrected chi connectivity index (χ0v) is 17.7. The Morgan fingerprint density at radius 1 is 0.767 bits per heavy atom. The van der Waals surface area contributed by atoms with Gasteiger partial charge in [0.05, 0.1) is 5.69 Å². The number of pyridine rings is 1. The molecule has 0 saturated carbocycles. The van der Waals surface area contributed by atoms with Gasteiger partial charge in [0.1, 0.15) is 4.90 Å². The molecule has 0 spiro atoms. The lowest BCUT2D eigenvalue weighted by Crippen LogP contribution is -2.11. The van der Waals surface area contributed by atoms with Crippen molar-refractivity contribution in [1.29, 1.82) is 0 Å². The lowest BCUT2D eigenvalue weighted by molar-refractivity contribution is 0.476. The van der Waals surface area contributed by atoms with E-state index in [9.17, 15) is 8.42 Å². The quantitative estimate of drug-likeness (QED) is 0.353. The van der Waals surface area contributed by atoms with Crippen LogP contribution in [0.4, 0.5) is 0 Å². The summed E-state index contributed by atoms with van der Waals surface area (Å²) in [6.45, 7) is 1.89. The van der Waals surface area contributed by atoms with Gasteiger partial charge in [0.25, 0.3) is 0 Å². The van der Waals surface area contributed by atoms with Crippen LogP contribution in [0, 0.1) is 6.92 Å². The fraction of sp³-hybridized carbons (Fsp3) is 0.0417. The first-order valence-corrected chi connectivity index (χ1v) is 11.0. The number of benzene rings is 3. The Morgan fingerprint density at radius 3 is 2.10 bits per heavy atom. The van der Waals surface area contributed by atoms with Gasteiger partial charge < -0.3 is 4.18 Å². The normalized spacial score (nSPS) is 11.3. The van der Waals surface area contributed by atoms with E-state index >= 15 is 0 Å². The molecule has 0 aliphatic carbocycles. The molecule has 30 heavy (non-hydrogen) atoms. The molecule has 0 unspecified atom stereocenters. The lowest BCUT2D eigenvalue weighted by atomic mass is 10.0. The van der Waals surface area contributed by atoms with Crippen LogP contribution >= 0.6 is 11.6 Å². The molecular weight excluding hydrogens is 418 g/mol. The van der Waals surface area contributed by atoms with E-state index < -0.39 is 10.1 Å². The Hall–Kier alpha value is -3.15. The molecule has 150 valence electrons. The molecule has 0 N–H and O–H groups in total. The topological polar surface area (TPSA) is 56.3 Å². The Morgan fingerprint density at radius 2 is 1.43 bits per heavy atom. The van der Waals surface area contributed by atoms with Gasteiger partial charge in [0, 0.05) is 16.7 Å². The third-order valence-electron chi connectivity index (χ3n) is 4.55. The molecule has 6 heteroatoms. The van der Waals surface area contributed by atoms with Crippen molar-refractivity contribution >= 4 is 21.7 Å². The van der Waals surface area contributed by atoms with Gasteiger partial charge in [-0.3, -0.25) is 0 Å². The largest absolute Gasteiger partial charge is 0.358 e. The predicted octanol–water partition coefficient (Wildman–Crippen LogP) is 6.15. The smallest absolute Gasteiger partial charge is 0.340 e. The summed E-state index contributed by atoms with van der Waals surface area (Å²) in [6.07, 6.45) is 0.